The molecule has 1 aromatic carbocycles. The Bertz CT molecular complexity index is 499. The normalized spacial score (nSPS) is 22.6. The molecule has 21 heavy (non-hydrogen) atoms. The lowest BCUT2D eigenvalue weighted by atomic mass is 10.1. The molecule has 3 nitrogen and oxygen atoms in total. The van der Waals surface area contributed by atoms with Crippen molar-refractivity contribution in [3.63, 3.8) is 0 Å². The second kappa shape index (κ2) is 7.75. The third-order valence-electron chi connectivity index (χ3n) is 3.59. The smallest absolute Gasteiger partial charge is 0.230 e. The van der Waals surface area contributed by atoms with Crippen LogP contribution in [-0.4, -0.2) is 28.9 Å². The third kappa shape index (κ3) is 4.97. The first-order valence-corrected chi connectivity index (χ1v) is 8.10. The average Bonchev–Trinajstić information content (AvgIpc) is 2.65. The zero-order valence-corrected chi connectivity index (χ0v) is 12.5. The first-order valence-electron chi connectivity index (χ1n) is 7.11. The Balaban J connectivity index is 1.82. The van der Waals surface area contributed by atoms with Crippen molar-refractivity contribution in [2.45, 2.75) is 49.1 Å². The molecule has 0 aliphatic heterocycles. The van der Waals surface area contributed by atoms with Crippen molar-refractivity contribution in [3.05, 3.63) is 29.8 Å². The lowest BCUT2D eigenvalue weighted by molar-refractivity contribution is -0.120. The quantitative estimate of drug-likeness (QED) is 0.663. The zero-order valence-electron chi connectivity index (χ0n) is 11.6. The van der Waals surface area contributed by atoms with E-state index in [2.05, 4.69) is 5.32 Å². The summed E-state index contributed by atoms with van der Waals surface area (Å²) in [6.07, 6.45) is 4.05. The van der Waals surface area contributed by atoms with E-state index in [0.29, 0.717) is 11.3 Å². The Kier molecular flexibility index (Phi) is 5.99. The van der Waals surface area contributed by atoms with Crippen molar-refractivity contribution in [2.24, 2.45) is 0 Å². The van der Waals surface area contributed by atoms with E-state index in [1.54, 1.807) is 0 Å². The highest BCUT2D eigenvalue weighted by Crippen LogP contribution is 2.21. The van der Waals surface area contributed by atoms with Gasteiger partial charge in [0.25, 0.3) is 0 Å². The predicted molar refractivity (Wildman–Crippen MR) is 78.1 cm³/mol. The largest absolute Gasteiger partial charge is 0.391 e. The SMILES string of the molecule is O=C(CSc1ccc(F)c(F)c1)NC1CCCCCC1O. The van der Waals surface area contributed by atoms with Crippen LogP contribution in [0.5, 0.6) is 0 Å². The van der Waals surface area contributed by atoms with Crippen molar-refractivity contribution in [2.75, 3.05) is 5.75 Å². The van der Waals surface area contributed by atoms with Gasteiger partial charge in [0.05, 0.1) is 17.9 Å². The van der Waals surface area contributed by atoms with Crippen LogP contribution < -0.4 is 5.32 Å². The summed E-state index contributed by atoms with van der Waals surface area (Å²) >= 11 is 1.15. The van der Waals surface area contributed by atoms with Gasteiger partial charge >= 0.3 is 0 Å². The molecule has 1 saturated carbocycles. The van der Waals surface area contributed by atoms with Gasteiger partial charge in [0.2, 0.25) is 5.91 Å². The number of hydrogen-bond acceptors (Lipinski definition) is 3. The highest BCUT2D eigenvalue weighted by Gasteiger charge is 2.23. The molecule has 2 rings (SSSR count). The van der Waals surface area contributed by atoms with Gasteiger partial charge in [-0.3, -0.25) is 4.79 Å². The molecule has 6 heteroatoms. The Morgan fingerprint density at radius 3 is 2.76 bits per heavy atom. The molecule has 0 saturated heterocycles. The Morgan fingerprint density at radius 2 is 2.00 bits per heavy atom. The topological polar surface area (TPSA) is 49.3 Å². The molecule has 1 aliphatic carbocycles. The van der Waals surface area contributed by atoms with Crippen molar-refractivity contribution >= 4 is 17.7 Å². The summed E-state index contributed by atoms with van der Waals surface area (Å²) < 4.78 is 25.8. The maximum Gasteiger partial charge on any atom is 0.230 e. The summed E-state index contributed by atoms with van der Waals surface area (Å²) in [5.41, 5.74) is 0. The molecule has 2 atom stereocenters. The maximum atomic E-state index is 13.1. The van der Waals surface area contributed by atoms with Crippen LogP contribution in [0.1, 0.15) is 32.1 Å². The Morgan fingerprint density at radius 1 is 1.24 bits per heavy atom. The average molecular weight is 315 g/mol. The summed E-state index contributed by atoms with van der Waals surface area (Å²) in [5, 5.41) is 12.8. The predicted octanol–water partition coefficient (Wildman–Crippen LogP) is 2.87. The second-order valence-corrected chi connectivity index (χ2v) is 6.29. The lowest BCUT2D eigenvalue weighted by Gasteiger charge is -2.21. The number of thioether (sulfide) groups is 1. The molecule has 2 N–H and O–H groups in total. The molecule has 2 unspecified atom stereocenters. The third-order valence-corrected chi connectivity index (χ3v) is 4.58. The van der Waals surface area contributed by atoms with Gasteiger partial charge in [0, 0.05) is 4.90 Å². The molecule has 0 aromatic heterocycles. The Labute approximate surface area is 127 Å². The van der Waals surface area contributed by atoms with E-state index in [1.807, 2.05) is 0 Å². The van der Waals surface area contributed by atoms with E-state index in [4.69, 9.17) is 0 Å². The summed E-state index contributed by atoms with van der Waals surface area (Å²) in [7, 11) is 0. The number of aliphatic hydroxyl groups excluding tert-OH is 1. The molecule has 1 aromatic rings. The number of rotatable bonds is 4. The molecular formula is C15H19F2NO2S. The van der Waals surface area contributed by atoms with Gasteiger partial charge in [-0.2, -0.15) is 0 Å². The first kappa shape index (κ1) is 16.2. The number of halogens is 2. The summed E-state index contributed by atoms with van der Waals surface area (Å²) in [6.45, 7) is 0. The fraction of sp³-hybridized carbons (Fsp3) is 0.533. The van der Waals surface area contributed by atoms with E-state index in [0.717, 1.165) is 49.6 Å². The van der Waals surface area contributed by atoms with Crippen molar-refractivity contribution in [1.29, 1.82) is 0 Å². The van der Waals surface area contributed by atoms with Crippen LogP contribution >= 0.6 is 11.8 Å². The molecule has 0 spiro atoms. The summed E-state index contributed by atoms with van der Waals surface area (Å²) in [4.78, 5) is 12.4. The second-order valence-electron chi connectivity index (χ2n) is 5.24. The van der Waals surface area contributed by atoms with Crippen LogP contribution in [0.15, 0.2) is 23.1 Å². The van der Waals surface area contributed by atoms with Crippen molar-refractivity contribution < 1.29 is 18.7 Å². The van der Waals surface area contributed by atoms with E-state index in [9.17, 15) is 18.7 Å². The van der Waals surface area contributed by atoms with Crippen LogP contribution in [0.4, 0.5) is 8.78 Å². The highest BCUT2D eigenvalue weighted by molar-refractivity contribution is 8.00. The number of benzene rings is 1. The standard InChI is InChI=1S/C15H19F2NO2S/c16-11-7-6-10(8-12(11)17)21-9-15(20)18-13-4-2-1-3-5-14(13)19/h6-8,13-14,19H,1-5,9H2,(H,18,20). The van der Waals surface area contributed by atoms with Gasteiger partial charge in [-0.15, -0.1) is 11.8 Å². The maximum absolute atomic E-state index is 13.1. The summed E-state index contributed by atoms with van der Waals surface area (Å²) in [6, 6.07) is 3.36. The summed E-state index contributed by atoms with van der Waals surface area (Å²) in [5.74, 6) is -1.89. The number of carbonyl (C=O) groups is 1. The van der Waals surface area contributed by atoms with Crippen LogP contribution in [0.25, 0.3) is 0 Å². The van der Waals surface area contributed by atoms with Gasteiger partial charge in [-0.1, -0.05) is 19.3 Å². The monoisotopic (exact) mass is 315 g/mol. The zero-order chi connectivity index (χ0) is 15.2. The fourth-order valence-corrected chi connectivity index (χ4v) is 3.15. The molecule has 116 valence electrons. The van der Waals surface area contributed by atoms with E-state index >= 15 is 0 Å². The van der Waals surface area contributed by atoms with Crippen LogP contribution in [0, 0.1) is 11.6 Å². The number of amides is 1. The Hall–Kier alpha value is -1.14. The van der Waals surface area contributed by atoms with Crippen LogP contribution in [-0.2, 0) is 4.79 Å². The molecule has 1 aliphatic rings. The molecule has 0 radical (unpaired) electrons. The number of aliphatic hydroxyl groups is 1. The van der Waals surface area contributed by atoms with E-state index in [-0.39, 0.29) is 17.7 Å². The molecule has 1 amide bonds. The van der Waals surface area contributed by atoms with Gasteiger partial charge < -0.3 is 10.4 Å². The molecule has 0 bridgehead atoms. The van der Waals surface area contributed by atoms with E-state index < -0.39 is 17.7 Å². The highest BCUT2D eigenvalue weighted by atomic mass is 32.2. The van der Waals surface area contributed by atoms with Crippen LogP contribution in [0.3, 0.4) is 0 Å². The number of carbonyl (C=O) groups excluding carboxylic acids is 1. The first-order chi connectivity index (χ1) is 10.1. The van der Waals surface area contributed by atoms with Gasteiger partial charge in [0.15, 0.2) is 11.6 Å². The molecule has 1 fully saturated rings. The van der Waals surface area contributed by atoms with Gasteiger partial charge in [0.1, 0.15) is 0 Å². The molecule has 0 heterocycles. The fourth-order valence-electron chi connectivity index (χ4n) is 2.42. The molecular weight excluding hydrogens is 296 g/mol. The minimum atomic E-state index is -0.917. The van der Waals surface area contributed by atoms with Gasteiger partial charge in [-0.05, 0) is 31.0 Å². The van der Waals surface area contributed by atoms with Crippen molar-refractivity contribution in [3.8, 4) is 0 Å². The van der Waals surface area contributed by atoms with Crippen LogP contribution in [0.2, 0.25) is 0 Å². The minimum Gasteiger partial charge on any atom is -0.391 e. The number of hydrogen-bond donors (Lipinski definition) is 2. The lowest BCUT2D eigenvalue weighted by Crippen LogP contribution is -2.43. The van der Waals surface area contributed by atoms with Gasteiger partial charge in [-0.25, -0.2) is 8.78 Å². The number of nitrogens with one attached hydrogen (secondary N) is 1. The minimum absolute atomic E-state index is 0.119. The van der Waals surface area contributed by atoms with E-state index in [1.165, 1.54) is 6.07 Å². The van der Waals surface area contributed by atoms with Crippen molar-refractivity contribution in [1.82, 2.24) is 5.32 Å².